The summed E-state index contributed by atoms with van der Waals surface area (Å²) in [6.07, 6.45) is -3.39. The van der Waals surface area contributed by atoms with E-state index in [2.05, 4.69) is 0 Å². The number of piperazine rings is 1. The van der Waals surface area contributed by atoms with Crippen LogP contribution in [0.15, 0.2) is 18.2 Å². The number of sulfonamides is 1. The van der Waals surface area contributed by atoms with Crippen LogP contribution in [0, 0.1) is 0 Å². The first-order chi connectivity index (χ1) is 9.59. The van der Waals surface area contributed by atoms with Gasteiger partial charge in [0.15, 0.2) is 0 Å². The maximum Gasteiger partial charge on any atom is 0.417 e. The van der Waals surface area contributed by atoms with E-state index in [0.717, 1.165) is 12.3 Å². The average Bonchev–Trinajstić information content (AvgIpc) is 2.37. The Hall–Kier alpha value is -0.990. The minimum Gasteiger partial charge on any atom is -0.369 e. The van der Waals surface area contributed by atoms with E-state index in [1.54, 1.807) is 4.90 Å². The monoisotopic (exact) mass is 342 g/mol. The fraction of sp³-hybridized carbons (Fsp3) is 0.500. The molecule has 0 bridgehead atoms. The van der Waals surface area contributed by atoms with Crippen molar-refractivity contribution in [2.24, 2.45) is 0 Å². The van der Waals surface area contributed by atoms with Crippen LogP contribution in [-0.2, 0) is 16.2 Å². The smallest absolute Gasteiger partial charge is 0.369 e. The summed E-state index contributed by atoms with van der Waals surface area (Å²) in [4.78, 5) is 1.72. The summed E-state index contributed by atoms with van der Waals surface area (Å²) >= 11 is 5.58. The van der Waals surface area contributed by atoms with Gasteiger partial charge >= 0.3 is 6.18 Å². The lowest BCUT2D eigenvalue weighted by Crippen LogP contribution is -2.48. The van der Waals surface area contributed by atoms with Gasteiger partial charge in [-0.2, -0.15) is 17.5 Å². The lowest BCUT2D eigenvalue weighted by Gasteiger charge is -2.35. The predicted molar refractivity (Wildman–Crippen MR) is 75.1 cm³/mol. The van der Waals surface area contributed by atoms with E-state index in [-0.39, 0.29) is 18.1 Å². The first-order valence-corrected chi connectivity index (χ1v) is 8.38. The van der Waals surface area contributed by atoms with Crippen molar-refractivity contribution in [1.82, 2.24) is 4.31 Å². The molecule has 0 aromatic heterocycles. The van der Waals surface area contributed by atoms with Crippen molar-refractivity contribution in [2.45, 2.75) is 6.18 Å². The molecule has 0 spiro atoms. The van der Waals surface area contributed by atoms with Gasteiger partial charge in [-0.3, -0.25) is 0 Å². The van der Waals surface area contributed by atoms with Crippen LogP contribution in [0.1, 0.15) is 5.56 Å². The van der Waals surface area contributed by atoms with Crippen molar-refractivity contribution in [1.29, 1.82) is 0 Å². The fourth-order valence-corrected chi connectivity index (χ4v) is 3.26. The van der Waals surface area contributed by atoms with E-state index >= 15 is 0 Å². The van der Waals surface area contributed by atoms with Crippen molar-refractivity contribution in [3.63, 3.8) is 0 Å². The Morgan fingerprint density at radius 2 is 1.71 bits per heavy atom. The Bertz CT molecular complexity index is 626. The number of alkyl halides is 3. The Morgan fingerprint density at radius 3 is 2.19 bits per heavy atom. The van der Waals surface area contributed by atoms with E-state index < -0.39 is 21.8 Å². The van der Waals surface area contributed by atoms with E-state index in [0.29, 0.717) is 18.8 Å². The van der Waals surface area contributed by atoms with Gasteiger partial charge < -0.3 is 4.90 Å². The third kappa shape index (κ3) is 3.81. The number of hydrogen-bond donors (Lipinski definition) is 0. The lowest BCUT2D eigenvalue weighted by atomic mass is 10.1. The largest absolute Gasteiger partial charge is 0.417 e. The molecule has 1 aliphatic rings. The van der Waals surface area contributed by atoms with Crippen molar-refractivity contribution < 1.29 is 21.6 Å². The van der Waals surface area contributed by atoms with Gasteiger partial charge in [0.05, 0.1) is 16.8 Å². The third-order valence-electron chi connectivity index (χ3n) is 3.33. The second-order valence-corrected chi connectivity index (χ2v) is 7.20. The molecule has 0 aliphatic carbocycles. The molecule has 118 valence electrons. The normalized spacial score (nSPS) is 18.0. The SMILES string of the molecule is CS(=O)(=O)N1CCN(c2ccc(Cl)c(C(F)(F)F)c2)CC1. The van der Waals surface area contributed by atoms with E-state index in [1.807, 2.05) is 0 Å². The minimum atomic E-state index is -4.51. The van der Waals surface area contributed by atoms with Crippen LogP contribution in [0.3, 0.4) is 0 Å². The van der Waals surface area contributed by atoms with Crippen LogP contribution in [0.5, 0.6) is 0 Å². The maximum atomic E-state index is 12.8. The number of hydrogen-bond acceptors (Lipinski definition) is 3. The van der Waals surface area contributed by atoms with Crippen LogP contribution in [0.25, 0.3) is 0 Å². The van der Waals surface area contributed by atoms with Gasteiger partial charge in [-0.25, -0.2) is 8.42 Å². The van der Waals surface area contributed by atoms with Gasteiger partial charge in [0, 0.05) is 31.9 Å². The van der Waals surface area contributed by atoms with E-state index in [4.69, 9.17) is 11.6 Å². The number of anilines is 1. The van der Waals surface area contributed by atoms with Crippen LogP contribution < -0.4 is 4.90 Å². The van der Waals surface area contributed by atoms with Crippen molar-refractivity contribution in [3.05, 3.63) is 28.8 Å². The molecule has 0 unspecified atom stereocenters. The van der Waals surface area contributed by atoms with Gasteiger partial charge in [0.1, 0.15) is 0 Å². The summed E-state index contributed by atoms with van der Waals surface area (Å²) in [7, 11) is -3.26. The standard InChI is InChI=1S/C12H14ClF3N2O2S/c1-21(19,20)18-6-4-17(5-7-18)9-2-3-11(13)10(8-9)12(14,15)16/h2-3,8H,4-7H2,1H3. The van der Waals surface area contributed by atoms with Gasteiger partial charge in [-0.15, -0.1) is 0 Å². The number of nitrogens with zero attached hydrogens (tertiary/aromatic N) is 2. The highest BCUT2D eigenvalue weighted by atomic mass is 35.5. The third-order valence-corrected chi connectivity index (χ3v) is 4.96. The van der Waals surface area contributed by atoms with Gasteiger partial charge in [0.2, 0.25) is 10.0 Å². The molecule has 1 saturated heterocycles. The topological polar surface area (TPSA) is 40.6 Å². The fourth-order valence-electron chi connectivity index (χ4n) is 2.21. The number of benzene rings is 1. The Balaban J connectivity index is 2.18. The van der Waals surface area contributed by atoms with E-state index in [1.165, 1.54) is 16.4 Å². The molecule has 0 amide bonds. The molecule has 2 rings (SSSR count). The lowest BCUT2D eigenvalue weighted by molar-refractivity contribution is -0.137. The zero-order valence-electron chi connectivity index (χ0n) is 11.2. The van der Waals surface area contributed by atoms with Crippen molar-refractivity contribution in [2.75, 3.05) is 37.3 Å². The number of rotatable bonds is 2. The van der Waals surface area contributed by atoms with Crippen LogP contribution in [-0.4, -0.2) is 45.2 Å². The Labute approximate surface area is 126 Å². The molecule has 1 aromatic carbocycles. The maximum absolute atomic E-state index is 12.8. The zero-order chi connectivity index (χ0) is 15.8. The van der Waals surface area contributed by atoms with Gasteiger partial charge in [-0.1, -0.05) is 11.6 Å². The van der Waals surface area contributed by atoms with Gasteiger partial charge in [-0.05, 0) is 18.2 Å². The highest BCUT2D eigenvalue weighted by Gasteiger charge is 2.34. The molecular weight excluding hydrogens is 329 g/mol. The molecule has 1 aromatic rings. The molecule has 0 N–H and O–H groups in total. The van der Waals surface area contributed by atoms with Crippen molar-refractivity contribution >= 4 is 27.3 Å². The molecule has 0 radical (unpaired) electrons. The molecule has 9 heteroatoms. The highest BCUT2D eigenvalue weighted by Crippen LogP contribution is 2.37. The summed E-state index contributed by atoms with van der Waals surface area (Å²) in [5.41, 5.74) is -0.493. The highest BCUT2D eigenvalue weighted by molar-refractivity contribution is 7.88. The zero-order valence-corrected chi connectivity index (χ0v) is 12.8. The molecule has 1 fully saturated rings. The second-order valence-electron chi connectivity index (χ2n) is 4.81. The molecule has 4 nitrogen and oxygen atoms in total. The van der Waals surface area contributed by atoms with Crippen LogP contribution in [0.2, 0.25) is 5.02 Å². The van der Waals surface area contributed by atoms with Crippen LogP contribution in [0.4, 0.5) is 18.9 Å². The quantitative estimate of drug-likeness (QED) is 0.829. The number of halogens is 4. The average molecular weight is 343 g/mol. The summed E-state index contributed by atoms with van der Waals surface area (Å²) in [5, 5.41) is -0.346. The summed E-state index contributed by atoms with van der Waals surface area (Å²) in [5.74, 6) is 0. The first kappa shape index (κ1) is 16.4. The Morgan fingerprint density at radius 1 is 1.14 bits per heavy atom. The van der Waals surface area contributed by atoms with Gasteiger partial charge in [0.25, 0.3) is 0 Å². The van der Waals surface area contributed by atoms with E-state index in [9.17, 15) is 21.6 Å². The Kier molecular flexibility index (Phi) is 4.41. The summed E-state index contributed by atoms with van der Waals surface area (Å²) in [6, 6.07) is 3.72. The molecule has 1 heterocycles. The summed E-state index contributed by atoms with van der Waals surface area (Å²) < 4.78 is 62.6. The van der Waals surface area contributed by atoms with Crippen LogP contribution >= 0.6 is 11.6 Å². The molecule has 1 aliphatic heterocycles. The molecule has 0 atom stereocenters. The first-order valence-electron chi connectivity index (χ1n) is 6.16. The molecular formula is C12H14ClF3N2O2S. The second kappa shape index (κ2) is 5.66. The minimum absolute atomic E-state index is 0.253. The van der Waals surface area contributed by atoms with Crippen molar-refractivity contribution in [3.8, 4) is 0 Å². The summed E-state index contributed by atoms with van der Waals surface area (Å²) in [6.45, 7) is 1.18. The molecule has 21 heavy (non-hydrogen) atoms. The predicted octanol–water partition coefficient (Wildman–Crippen LogP) is 2.44. The molecule has 0 saturated carbocycles.